The number of para-hydroxylation sites is 3. The van der Waals surface area contributed by atoms with E-state index in [1.165, 1.54) is 21.9 Å². The summed E-state index contributed by atoms with van der Waals surface area (Å²) < 4.78 is 8.78. The van der Waals surface area contributed by atoms with Gasteiger partial charge in [0.15, 0.2) is 0 Å². The van der Waals surface area contributed by atoms with Crippen LogP contribution in [0.25, 0.3) is 94.2 Å². The van der Waals surface area contributed by atoms with Crippen molar-refractivity contribution in [1.29, 1.82) is 0 Å². The molecule has 50 heavy (non-hydrogen) atoms. The molecule has 234 valence electrons. The van der Waals surface area contributed by atoms with Gasteiger partial charge in [0, 0.05) is 43.9 Å². The van der Waals surface area contributed by atoms with Crippen LogP contribution in [0.5, 0.6) is 0 Å². The van der Waals surface area contributed by atoms with Crippen LogP contribution in [-0.2, 0) is 0 Å². The van der Waals surface area contributed by atoms with Crippen LogP contribution in [0, 0.1) is 0 Å². The number of aromatic nitrogens is 2. The van der Waals surface area contributed by atoms with Crippen molar-refractivity contribution in [3.8, 4) is 50.5 Å². The topological polar surface area (TPSA) is 31.0 Å². The van der Waals surface area contributed by atoms with Crippen LogP contribution in [-0.4, -0.2) is 9.55 Å². The highest BCUT2D eigenvalue weighted by molar-refractivity contribution is 6.13. The molecule has 0 aliphatic rings. The van der Waals surface area contributed by atoms with Crippen molar-refractivity contribution in [3.05, 3.63) is 182 Å². The van der Waals surface area contributed by atoms with Crippen molar-refractivity contribution in [2.75, 3.05) is 0 Å². The Labute approximate surface area is 289 Å². The molecule has 3 nitrogen and oxygen atoms in total. The Morgan fingerprint density at radius 1 is 0.380 bits per heavy atom. The lowest BCUT2D eigenvalue weighted by molar-refractivity contribution is 0.670. The molecule has 0 saturated carbocycles. The summed E-state index contributed by atoms with van der Waals surface area (Å²) in [5.74, 6) is 0. The smallest absolute Gasteiger partial charge is 0.143 e. The summed E-state index contributed by atoms with van der Waals surface area (Å²) in [5, 5.41) is 4.71. The van der Waals surface area contributed by atoms with E-state index in [2.05, 4.69) is 168 Å². The normalized spacial score (nSPS) is 11.6. The minimum atomic E-state index is 0.911. The largest absolute Gasteiger partial charge is 0.455 e. The van der Waals surface area contributed by atoms with Gasteiger partial charge in [-0.3, -0.25) is 0 Å². The molecule has 0 aliphatic carbocycles. The molecular weight excluding hydrogens is 609 g/mol. The predicted molar refractivity (Wildman–Crippen MR) is 208 cm³/mol. The maximum atomic E-state index is 6.41. The molecule has 0 unspecified atom stereocenters. The second kappa shape index (κ2) is 11.5. The molecule has 0 bridgehead atoms. The van der Waals surface area contributed by atoms with E-state index in [-0.39, 0.29) is 0 Å². The van der Waals surface area contributed by atoms with Crippen LogP contribution in [0.1, 0.15) is 0 Å². The molecule has 0 fully saturated rings. The SMILES string of the molecule is c1ccc(-c2cc(-c3ccccc3)nc(-c3ccc(-n4c5ccccc5c5cc(-c6cccc7c6oc6ccccc67)ccc54)cc3)c2)cc1. The average Bonchev–Trinajstić information content (AvgIpc) is 3.74. The van der Waals surface area contributed by atoms with Gasteiger partial charge in [0.2, 0.25) is 0 Å². The number of fused-ring (bicyclic) bond motifs is 6. The molecule has 3 heterocycles. The van der Waals surface area contributed by atoms with Crippen LogP contribution in [0.3, 0.4) is 0 Å². The van der Waals surface area contributed by atoms with Crippen molar-refractivity contribution in [2.24, 2.45) is 0 Å². The molecule has 3 heteroatoms. The van der Waals surface area contributed by atoms with Crippen LogP contribution in [0.2, 0.25) is 0 Å². The molecular formula is C47H30N2O. The fourth-order valence-electron chi connectivity index (χ4n) is 7.41. The Hall–Kier alpha value is -6.71. The highest BCUT2D eigenvalue weighted by atomic mass is 16.3. The molecule has 0 amide bonds. The second-order valence-corrected chi connectivity index (χ2v) is 12.8. The van der Waals surface area contributed by atoms with E-state index >= 15 is 0 Å². The molecule has 0 N–H and O–H groups in total. The van der Waals surface area contributed by atoms with Gasteiger partial charge >= 0.3 is 0 Å². The summed E-state index contributed by atoms with van der Waals surface area (Å²) in [4.78, 5) is 5.15. The third-order valence-electron chi connectivity index (χ3n) is 9.81. The molecule has 10 aromatic rings. The van der Waals surface area contributed by atoms with Crippen molar-refractivity contribution < 1.29 is 4.42 Å². The Bertz CT molecular complexity index is 2790. The van der Waals surface area contributed by atoms with E-state index in [0.717, 1.165) is 72.3 Å². The lowest BCUT2D eigenvalue weighted by atomic mass is 10.00. The molecule has 7 aromatic carbocycles. The van der Waals surface area contributed by atoms with Gasteiger partial charge in [-0.05, 0) is 65.2 Å². The zero-order valence-electron chi connectivity index (χ0n) is 27.1. The number of hydrogen-bond donors (Lipinski definition) is 0. The monoisotopic (exact) mass is 638 g/mol. The summed E-state index contributed by atoms with van der Waals surface area (Å²) in [6, 6.07) is 64.3. The molecule has 3 aromatic heterocycles. The van der Waals surface area contributed by atoms with Crippen LogP contribution >= 0.6 is 0 Å². The van der Waals surface area contributed by atoms with Crippen molar-refractivity contribution in [2.45, 2.75) is 0 Å². The first kappa shape index (κ1) is 28.3. The molecule has 0 atom stereocenters. The number of benzene rings is 7. The van der Waals surface area contributed by atoms with Gasteiger partial charge in [0.05, 0.1) is 22.4 Å². The third kappa shape index (κ3) is 4.63. The van der Waals surface area contributed by atoms with Gasteiger partial charge in [-0.15, -0.1) is 0 Å². The molecule has 10 rings (SSSR count). The summed E-state index contributed by atoms with van der Waals surface area (Å²) in [7, 11) is 0. The van der Waals surface area contributed by atoms with E-state index in [4.69, 9.17) is 9.40 Å². The van der Waals surface area contributed by atoms with Crippen LogP contribution in [0.15, 0.2) is 186 Å². The first-order valence-corrected chi connectivity index (χ1v) is 17.0. The van der Waals surface area contributed by atoms with Crippen molar-refractivity contribution >= 4 is 43.7 Å². The van der Waals surface area contributed by atoms with Crippen LogP contribution in [0.4, 0.5) is 0 Å². The number of furan rings is 1. The Morgan fingerprint density at radius 2 is 0.980 bits per heavy atom. The number of pyridine rings is 1. The van der Waals surface area contributed by atoms with E-state index in [9.17, 15) is 0 Å². The van der Waals surface area contributed by atoms with Crippen molar-refractivity contribution in [3.63, 3.8) is 0 Å². The summed E-state index contributed by atoms with van der Waals surface area (Å²) in [5.41, 5.74) is 13.9. The minimum absolute atomic E-state index is 0.911. The Kier molecular flexibility index (Phi) is 6.49. The lowest BCUT2D eigenvalue weighted by Gasteiger charge is -2.12. The maximum absolute atomic E-state index is 6.41. The predicted octanol–water partition coefficient (Wildman–Crippen LogP) is 12.7. The van der Waals surface area contributed by atoms with Gasteiger partial charge in [0.1, 0.15) is 11.2 Å². The van der Waals surface area contributed by atoms with Gasteiger partial charge in [-0.2, -0.15) is 0 Å². The highest BCUT2D eigenvalue weighted by Gasteiger charge is 2.17. The van der Waals surface area contributed by atoms with Crippen LogP contribution < -0.4 is 0 Å². The second-order valence-electron chi connectivity index (χ2n) is 12.8. The average molecular weight is 639 g/mol. The first-order chi connectivity index (χ1) is 24.8. The standard InChI is InChI=1S/C47H30N2O/c1-3-12-31(13-4-1)35-29-42(32-14-5-2-6-15-32)48-43(30-35)33-22-25-36(26-23-33)49-44-20-9-7-16-38(44)41-28-34(24-27-45(41)49)37-18-11-19-40-39-17-8-10-21-46(39)50-47(37)40/h1-30H. The Balaban J connectivity index is 1.09. The number of rotatable bonds is 5. The number of nitrogens with zero attached hydrogens (tertiary/aromatic N) is 2. The molecule has 0 aliphatic heterocycles. The summed E-state index contributed by atoms with van der Waals surface area (Å²) in [6.07, 6.45) is 0. The fourth-order valence-corrected chi connectivity index (χ4v) is 7.41. The Morgan fingerprint density at radius 3 is 1.76 bits per heavy atom. The minimum Gasteiger partial charge on any atom is -0.455 e. The third-order valence-corrected chi connectivity index (χ3v) is 9.81. The summed E-state index contributed by atoms with van der Waals surface area (Å²) in [6.45, 7) is 0. The van der Waals surface area contributed by atoms with Crippen molar-refractivity contribution in [1.82, 2.24) is 9.55 Å². The quantitative estimate of drug-likeness (QED) is 0.188. The fraction of sp³-hybridized carbons (Fsp3) is 0. The molecule has 0 radical (unpaired) electrons. The zero-order chi connectivity index (χ0) is 33.0. The van der Waals surface area contributed by atoms with Gasteiger partial charge in [-0.25, -0.2) is 4.98 Å². The van der Waals surface area contributed by atoms with Gasteiger partial charge < -0.3 is 8.98 Å². The zero-order valence-corrected chi connectivity index (χ0v) is 27.1. The van der Waals surface area contributed by atoms with E-state index in [1.54, 1.807) is 0 Å². The summed E-state index contributed by atoms with van der Waals surface area (Å²) >= 11 is 0. The lowest BCUT2D eigenvalue weighted by Crippen LogP contribution is -1.95. The van der Waals surface area contributed by atoms with Gasteiger partial charge in [0.25, 0.3) is 0 Å². The van der Waals surface area contributed by atoms with E-state index in [1.807, 2.05) is 18.2 Å². The molecule has 0 saturated heterocycles. The first-order valence-electron chi connectivity index (χ1n) is 17.0. The number of hydrogen-bond acceptors (Lipinski definition) is 2. The maximum Gasteiger partial charge on any atom is 0.143 e. The highest BCUT2D eigenvalue weighted by Crippen LogP contribution is 2.39. The van der Waals surface area contributed by atoms with Gasteiger partial charge in [-0.1, -0.05) is 133 Å². The molecule has 0 spiro atoms. The van der Waals surface area contributed by atoms with E-state index in [0.29, 0.717) is 0 Å². The van der Waals surface area contributed by atoms with E-state index < -0.39 is 0 Å².